The van der Waals surface area contributed by atoms with E-state index in [0.29, 0.717) is 30.3 Å². The number of thiophene rings is 1. The number of carbonyl (C=O) groups excluding carboxylic acids is 1. The third-order valence-electron chi connectivity index (χ3n) is 4.07. The predicted octanol–water partition coefficient (Wildman–Crippen LogP) is 2.58. The van der Waals surface area contributed by atoms with Crippen LogP contribution in [-0.2, 0) is 16.0 Å². The Morgan fingerprint density at radius 2 is 2.35 bits per heavy atom. The first-order valence-electron chi connectivity index (χ1n) is 7.55. The van der Waals surface area contributed by atoms with Gasteiger partial charge in [0.25, 0.3) is 0 Å². The molecule has 6 nitrogen and oxygen atoms in total. The van der Waals surface area contributed by atoms with E-state index < -0.39 is 11.9 Å². The predicted molar refractivity (Wildman–Crippen MR) is 85.2 cm³/mol. The second-order valence-electron chi connectivity index (χ2n) is 5.69. The molecule has 1 atom stereocenters. The summed E-state index contributed by atoms with van der Waals surface area (Å²) in [7, 11) is 0. The number of hydrogen-bond acceptors (Lipinski definition) is 5. The Hall–Kier alpha value is -2.15. The molecule has 0 radical (unpaired) electrons. The zero-order chi connectivity index (χ0) is 16.4. The lowest BCUT2D eigenvalue weighted by Gasteiger charge is -2.30. The highest BCUT2D eigenvalue weighted by atomic mass is 32.1. The number of aliphatic carboxylic acids is 1. The fourth-order valence-electron chi connectivity index (χ4n) is 2.76. The summed E-state index contributed by atoms with van der Waals surface area (Å²) in [5.74, 6) is -0.228. The molecule has 0 aromatic carbocycles. The molecule has 1 aliphatic rings. The van der Waals surface area contributed by atoms with Crippen LogP contribution in [0.15, 0.2) is 21.9 Å². The van der Waals surface area contributed by atoms with Gasteiger partial charge in [-0.25, -0.2) is 4.98 Å². The number of carboxylic acid groups (broad SMARTS) is 1. The molecule has 2 aromatic heterocycles. The molecule has 2 aromatic rings. The highest BCUT2D eigenvalue weighted by Gasteiger charge is 2.28. The third-order valence-corrected chi connectivity index (χ3v) is 4.92. The van der Waals surface area contributed by atoms with E-state index in [-0.39, 0.29) is 18.9 Å². The van der Waals surface area contributed by atoms with Crippen molar-refractivity contribution in [1.82, 2.24) is 9.88 Å². The molecule has 0 bridgehead atoms. The van der Waals surface area contributed by atoms with Gasteiger partial charge in [0, 0.05) is 13.1 Å². The van der Waals surface area contributed by atoms with Gasteiger partial charge in [0.1, 0.15) is 5.76 Å². The molecule has 1 N–H and O–H groups in total. The average molecular weight is 334 g/mol. The maximum absolute atomic E-state index is 12.4. The Kier molecular flexibility index (Phi) is 4.47. The Bertz CT molecular complexity index is 708. The van der Waals surface area contributed by atoms with Crippen molar-refractivity contribution in [2.45, 2.75) is 26.2 Å². The summed E-state index contributed by atoms with van der Waals surface area (Å²) < 4.78 is 5.64. The first-order chi connectivity index (χ1) is 11.0. The van der Waals surface area contributed by atoms with Crippen LogP contribution in [0.2, 0.25) is 0 Å². The first-order valence-corrected chi connectivity index (χ1v) is 8.43. The number of piperidine rings is 1. The molecule has 1 aliphatic heterocycles. The van der Waals surface area contributed by atoms with Gasteiger partial charge in [-0.2, -0.15) is 0 Å². The molecule has 3 heterocycles. The summed E-state index contributed by atoms with van der Waals surface area (Å²) in [4.78, 5) is 30.5. The molecule has 1 fully saturated rings. The highest BCUT2D eigenvalue weighted by molar-refractivity contribution is 7.13. The zero-order valence-corrected chi connectivity index (χ0v) is 13.6. The van der Waals surface area contributed by atoms with Crippen molar-refractivity contribution in [1.29, 1.82) is 0 Å². The normalized spacial score (nSPS) is 18.1. The molecule has 0 aliphatic carbocycles. The lowest BCUT2D eigenvalue weighted by Crippen LogP contribution is -2.43. The van der Waals surface area contributed by atoms with Crippen LogP contribution in [-0.4, -0.2) is 40.0 Å². The summed E-state index contributed by atoms with van der Waals surface area (Å²) >= 11 is 1.53. The van der Waals surface area contributed by atoms with E-state index in [1.54, 1.807) is 11.8 Å². The van der Waals surface area contributed by atoms with E-state index in [1.165, 1.54) is 11.3 Å². The van der Waals surface area contributed by atoms with Gasteiger partial charge < -0.3 is 14.4 Å². The highest BCUT2D eigenvalue weighted by Crippen LogP contribution is 2.26. The molecular weight excluding hydrogens is 316 g/mol. The van der Waals surface area contributed by atoms with E-state index in [9.17, 15) is 9.59 Å². The minimum atomic E-state index is -0.833. The van der Waals surface area contributed by atoms with Crippen molar-refractivity contribution in [3.05, 3.63) is 29.0 Å². The summed E-state index contributed by atoms with van der Waals surface area (Å²) in [5.41, 5.74) is 0.621. The molecule has 0 saturated carbocycles. The number of oxazole rings is 1. The second-order valence-corrected chi connectivity index (χ2v) is 6.64. The lowest BCUT2D eigenvalue weighted by atomic mass is 9.98. The van der Waals surface area contributed by atoms with Gasteiger partial charge in [0.2, 0.25) is 11.8 Å². The Morgan fingerprint density at radius 1 is 1.52 bits per heavy atom. The van der Waals surface area contributed by atoms with Crippen LogP contribution in [0, 0.1) is 12.8 Å². The Labute approximate surface area is 137 Å². The largest absolute Gasteiger partial charge is 0.481 e. The number of amides is 1. The van der Waals surface area contributed by atoms with Crippen molar-refractivity contribution in [2.75, 3.05) is 13.1 Å². The molecule has 1 unspecified atom stereocenters. The van der Waals surface area contributed by atoms with Crippen LogP contribution in [0.25, 0.3) is 10.8 Å². The number of rotatable bonds is 4. The van der Waals surface area contributed by atoms with Crippen molar-refractivity contribution in [3.63, 3.8) is 0 Å². The number of aryl methyl sites for hydroxylation is 1. The monoisotopic (exact) mass is 334 g/mol. The van der Waals surface area contributed by atoms with Crippen LogP contribution < -0.4 is 0 Å². The maximum Gasteiger partial charge on any atom is 0.308 e. The van der Waals surface area contributed by atoms with Gasteiger partial charge in [-0.3, -0.25) is 9.59 Å². The molecular formula is C16H18N2O4S. The van der Waals surface area contributed by atoms with Gasteiger partial charge in [0.15, 0.2) is 0 Å². The topological polar surface area (TPSA) is 83.6 Å². The van der Waals surface area contributed by atoms with Crippen molar-refractivity contribution < 1.29 is 19.1 Å². The average Bonchev–Trinajstić information content (AvgIpc) is 3.18. The number of carbonyl (C=O) groups is 2. The number of likely N-dealkylation sites (tertiary alicyclic amines) is 1. The minimum Gasteiger partial charge on any atom is -0.481 e. The molecule has 7 heteroatoms. The van der Waals surface area contributed by atoms with Crippen molar-refractivity contribution in [3.8, 4) is 10.8 Å². The summed E-state index contributed by atoms with van der Waals surface area (Å²) in [6, 6.07) is 3.84. The summed E-state index contributed by atoms with van der Waals surface area (Å²) in [6.07, 6.45) is 1.50. The fraction of sp³-hybridized carbons (Fsp3) is 0.438. The Balaban J connectivity index is 1.69. The number of nitrogens with zero attached hydrogens (tertiary/aromatic N) is 2. The first kappa shape index (κ1) is 15.7. The van der Waals surface area contributed by atoms with Crippen LogP contribution in [0.1, 0.15) is 24.3 Å². The zero-order valence-electron chi connectivity index (χ0n) is 12.8. The number of carboxylic acids is 1. The third kappa shape index (κ3) is 3.44. The smallest absolute Gasteiger partial charge is 0.308 e. The van der Waals surface area contributed by atoms with Gasteiger partial charge >= 0.3 is 5.97 Å². The molecule has 3 rings (SSSR count). The quantitative estimate of drug-likeness (QED) is 0.929. The maximum atomic E-state index is 12.4. The number of hydrogen-bond donors (Lipinski definition) is 1. The second kappa shape index (κ2) is 6.54. The van der Waals surface area contributed by atoms with Crippen LogP contribution in [0.3, 0.4) is 0 Å². The fourth-order valence-corrected chi connectivity index (χ4v) is 3.41. The van der Waals surface area contributed by atoms with Gasteiger partial charge in [-0.1, -0.05) is 6.07 Å². The molecule has 1 saturated heterocycles. The van der Waals surface area contributed by atoms with E-state index in [4.69, 9.17) is 9.52 Å². The van der Waals surface area contributed by atoms with Crippen molar-refractivity contribution in [2.24, 2.45) is 5.92 Å². The molecule has 23 heavy (non-hydrogen) atoms. The minimum absolute atomic E-state index is 0.0925. The summed E-state index contributed by atoms with van der Waals surface area (Å²) in [5, 5.41) is 11.1. The summed E-state index contributed by atoms with van der Waals surface area (Å²) in [6.45, 7) is 2.68. The molecule has 122 valence electrons. The van der Waals surface area contributed by atoms with Crippen LogP contribution in [0.5, 0.6) is 0 Å². The van der Waals surface area contributed by atoms with Gasteiger partial charge in [-0.15, -0.1) is 11.3 Å². The van der Waals surface area contributed by atoms with Gasteiger partial charge in [-0.05, 0) is 31.2 Å². The SMILES string of the molecule is Cc1oc(-c2cccs2)nc1CC(=O)N1CCCC(C(=O)O)C1. The molecule has 1 amide bonds. The van der Waals surface area contributed by atoms with E-state index >= 15 is 0 Å². The lowest BCUT2D eigenvalue weighted by molar-refractivity contribution is -0.145. The van der Waals surface area contributed by atoms with Crippen LogP contribution >= 0.6 is 11.3 Å². The molecule has 0 spiro atoms. The van der Waals surface area contributed by atoms with Crippen molar-refractivity contribution >= 4 is 23.2 Å². The van der Waals surface area contributed by atoms with E-state index in [0.717, 1.165) is 11.3 Å². The van der Waals surface area contributed by atoms with Crippen LogP contribution in [0.4, 0.5) is 0 Å². The van der Waals surface area contributed by atoms with E-state index in [1.807, 2.05) is 17.5 Å². The standard InChI is InChI=1S/C16H18N2O4S/c1-10-12(17-15(22-10)13-5-3-7-23-13)8-14(19)18-6-2-4-11(9-18)16(20)21/h3,5,7,11H,2,4,6,8-9H2,1H3,(H,20,21). The number of aromatic nitrogens is 1. The van der Waals surface area contributed by atoms with Gasteiger partial charge in [0.05, 0.1) is 22.9 Å². The Morgan fingerprint density at radius 3 is 3.04 bits per heavy atom. The van der Waals surface area contributed by atoms with E-state index in [2.05, 4.69) is 4.98 Å².